The lowest BCUT2D eigenvalue weighted by molar-refractivity contribution is 0.0988. The molecule has 0 saturated carbocycles. The fourth-order valence-electron chi connectivity index (χ4n) is 2.18. The quantitative estimate of drug-likeness (QED) is 0.637. The molecule has 0 fully saturated rings. The van der Waals surface area contributed by atoms with Crippen molar-refractivity contribution in [2.24, 2.45) is 0 Å². The van der Waals surface area contributed by atoms with Crippen LogP contribution in [0.4, 0.5) is 4.39 Å². The summed E-state index contributed by atoms with van der Waals surface area (Å²) in [7, 11) is 0. The van der Waals surface area contributed by atoms with Gasteiger partial charge in [0.2, 0.25) is 0 Å². The van der Waals surface area contributed by atoms with Crippen LogP contribution >= 0.6 is 0 Å². The first-order valence-corrected chi connectivity index (χ1v) is 6.50. The van der Waals surface area contributed by atoms with Crippen LogP contribution in [0.15, 0.2) is 52.9 Å². The third-order valence-corrected chi connectivity index (χ3v) is 3.29. The van der Waals surface area contributed by atoms with Crippen LogP contribution in [0.3, 0.4) is 0 Å². The van der Waals surface area contributed by atoms with E-state index in [9.17, 15) is 9.18 Å². The Labute approximate surface area is 115 Å². The van der Waals surface area contributed by atoms with Crippen molar-refractivity contribution in [3.8, 4) is 11.3 Å². The Bertz CT molecular complexity index is 769. The summed E-state index contributed by atoms with van der Waals surface area (Å²) in [4.78, 5) is 11.6. The second-order valence-corrected chi connectivity index (χ2v) is 4.65. The topological polar surface area (TPSA) is 30.2 Å². The van der Waals surface area contributed by atoms with E-state index in [0.717, 1.165) is 10.9 Å². The van der Waals surface area contributed by atoms with Gasteiger partial charge in [-0.25, -0.2) is 4.39 Å². The summed E-state index contributed by atoms with van der Waals surface area (Å²) in [6, 6.07) is 13.5. The molecule has 0 aliphatic rings. The normalized spacial score (nSPS) is 10.9. The van der Waals surface area contributed by atoms with Gasteiger partial charge in [-0.15, -0.1) is 0 Å². The van der Waals surface area contributed by atoms with Crippen molar-refractivity contribution in [3.63, 3.8) is 0 Å². The van der Waals surface area contributed by atoms with Crippen LogP contribution in [0, 0.1) is 5.82 Å². The monoisotopic (exact) mass is 268 g/mol. The summed E-state index contributed by atoms with van der Waals surface area (Å²) < 4.78 is 18.8. The average Bonchev–Trinajstić information content (AvgIpc) is 2.89. The molecule has 0 amide bonds. The molecule has 0 atom stereocenters. The van der Waals surface area contributed by atoms with Crippen LogP contribution in [-0.4, -0.2) is 5.78 Å². The molecule has 0 unspecified atom stereocenters. The summed E-state index contributed by atoms with van der Waals surface area (Å²) in [6.45, 7) is 1.84. The third kappa shape index (κ3) is 2.23. The van der Waals surface area contributed by atoms with Crippen LogP contribution < -0.4 is 0 Å². The lowest BCUT2D eigenvalue weighted by Gasteiger charge is -1.99. The van der Waals surface area contributed by atoms with E-state index in [-0.39, 0.29) is 11.6 Å². The van der Waals surface area contributed by atoms with Crippen LogP contribution in [0.5, 0.6) is 0 Å². The van der Waals surface area contributed by atoms with E-state index in [1.54, 1.807) is 24.3 Å². The standard InChI is InChI=1S/C17H13FO2/c1-2-15(19)11-3-5-12(6-4-11)17-10-13-9-14(18)7-8-16(13)20-17/h3-10H,2H2,1H3. The predicted octanol–water partition coefficient (Wildman–Crippen LogP) is 4.83. The highest BCUT2D eigenvalue weighted by atomic mass is 19.1. The Morgan fingerprint density at radius 1 is 1.10 bits per heavy atom. The molecule has 0 aliphatic carbocycles. The molecular formula is C17H13FO2. The minimum atomic E-state index is -0.284. The van der Waals surface area contributed by atoms with E-state index in [1.807, 2.05) is 19.1 Å². The Hall–Kier alpha value is -2.42. The number of carbonyl (C=O) groups excluding carboxylic acids is 1. The van der Waals surface area contributed by atoms with Gasteiger partial charge < -0.3 is 4.42 Å². The third-order valence-electron chi connectivity index (χ3n) is 3.29. The zero-order chi connectivity index (χ0) is 14.1. The fraction of sp³-hybridized carbons (Fsp3) is 0.118. The van der Waals surface area contributed by atoms with E-state index < -0.39 is 0 Å². The zero-order valence-corrected chi connectivity index (χ0v) is 11.0. The number of hydrogen-bond acceptors (Lipinski definition) is 2. The fourth-order valence-corrected chi connectivity index (χ4v) is 2.18. The van der Waals surface area contributed by atoms with Gasteiger partial charge in [-0.2, -0.15) is 0 Å². The highest BCUT2D eigenvalue weighted by Crippen LogP contribution is 2.28. The second kappa shape index (κ2) is 4.93. The number of halogens is 1. The number of carbonyl (C=O) groups is 1. The molecule has 1 heterocycles. The molecule has 0 saturated heterocycles. The molecule has 100 valence electrons. The summed E-state index contributed by atoms with van der Waals surface area (Å²) >= 11 is 0. The van der Waals surface area contributed by atoms with Gasteiger partial charge in [-0.05, 0) is 24.3 Å². The molecule has 2 aromatic carbocycles. The highest BCUT2D eigenvalue weighted by Gasteiger charge is 2.08. The van der Waals surface area contributed by atoms with Crippen LogP contribution in [0.25, 0.3) is 22.3 Å². The number of hydrogen-bond donors (Lipinski definition) is 0. The summed E-state index contributed by atoms with van der Waals surface area (Å²) in [5.41, 5.74) is 2.21. The second-order valence-electron chi connectivity index (χ2n) is 4.65. The number of benzene rings is 2. The molecule has 3 heteroatoms. The van der Waals surface area contributed by atoms with Crippen LogP contribution in [-0.2, 0) is 0 Å². The Morgan fingerprint density at radius 2 is 1.85 bits per heavy atom. The average molecular weight is 268 g/mol. The molecular weight excluding hydrogens is 255 g/mol. The maximum Gasteiger partial charge on any atom is 0.162 e. The van der Waals surface area contributed by atoms with Crippen molar-refractivity contribution >= 4 is 16.8 Å². The van der Waals surface area contributed by atoms with E-state index in [4.69, 9.17) is 4.42 Å². The van der Waals surface area contributed by atoms with Crippen molar-refractivity contribution in [1.82, 2.24) is 0 Å². The van der Waals surface area contributed by atoms with Gasteiger partial charge in [-0.3, -0.25) is 4.79 Å². The number of fused-ring (bicyclic) bond motifs is 1. The predicted molar refractivity (Wildman–Crippen MR) is 76.2 cm³/mol. The first kappa shape index (κ1) is 12.6. The van der Waals surface area contributed by atoms with Crippen LogP contribution in [0.1, 0.15) is 23.7 Å². The van der Waals surface area contributed by atoms with Crippen LogP contribution in [0.2, 0.25) is 0 Å². The molecule has 0 bridgehead atoms. The van der Waals surface area contributed by atoms with Crippen molar-refractivity contribution in [2.45, 2.75) is 13.3 Å². The zero-order valence-electron chi connectivity index (χ0n) is 11.0. The van der Waals surface area contributed by atoms with Gasteiger partial charge in [0.15, 0.2) is 5.78 Å². The Kier molecular flexibility index (Phi) is 3.11. The molecule has 3 rings (SSSR count). The van der Waals surface area contributed by atoms with Gasteiger partial charge in [0, 0.05) is 22.9 Å². The summed E-state index contributed by atoms with van der Waals surface area (Å²) in [5.74, 6) is 0.498. The van der Waals surface area contributed by atoms with Gasteiger partial charge in [0.1, 0.15) is 17.2 Å². The first-order chi connectivity index (χ1) is 9.67. The number of rotatable bonds is 3. The van der Waals surface area contributed by atoms with Gasteiger partial charge in [0.25, 0.3) is 0 Å². The largest absolute Gasteiger partial charge is 0.456 e. The lowest BCUT2D eigenvalue weighted by Crippen LogP contribution is -1.95. The van der Waals surface area contributed by atoms with Gasteiger partial charge in [0.05, 0.1) is 0 Å². The smallest absolute Gasteiger partial charge is 0.162 e. The van der Waals surface area contributed by atoms with Gasteiger partial charge in [-0.1, -0.05) is 31.2 Å². The van der Waals surface area contributed by atoms with Crippen molar-refractivity contribution in [3.05, 3.63) is 59.9 Å². The Balaban J connectivity index is 2.00. The van der Waals surface area contributed by atoms with Crippen molar-refractivity contribution < 1.29 is 13.6 Å². The highest BCUT2D eigenvalue weighted by molar-refractivity contribution is 5.96. The number of furan rings is 1. The minimum Gasteiger partial charge on any atom is -0.456 e. The van der Waals surface area contributed by atoms with E-state index >= 15 is 0 Å². The molecule has 20 heavy (non-hydrogen) atoms. The van der Waals surface area contributed by atoms with E-state index in [1.165, 1.54) is 12.1 Å². The number of Topliss-reactive ketones (excluding diaryl/α,β-unsaturated/α-hetero) is 1. The molecule has 3 aromatic rings. The van der Waals surface area contributed by atoms with E-state index in [2.05, 4.69) is 0 Å². The molecule has 1 aromatic heterocycles. The van der Waals surface area contributed by atoms with Gasteiger partial charge >= 0.3 is 0 Å². The van der Waals surface area contributed by atoms with Crippen molar-refractivity contribution in [1.29, 1.82) is 0 Å². The number of ketones is 1. The first-order valence-electron chi connectivity index (χ1n) is 6.50. The summed E-state index contributed by atoms with van der Waals surface area (Å²) in [5, 5.41) is 0.730. The lowest BCUT2D eigenvalue weighted by atomic mass is 10.1. The van der Waals surface area contributed by atoms with Crippen molar-refractivity contribution in [2.75, 3.05) is 0 Å². The Morgan fingerprint density at radius 3 is 2.55 bits per heavy atom. The molecule has 0 spiro atoms. The molecule has 0 aliphatic heterocycles. The molecule has 0 N–H and O–H groups in total. The summed E-state index contributed by atoms with van der Waals surface area (Å²) in [6.07, 6.45) is 0.489. The molecule has 0 radical (unpaired) electrons. The molecule has 2 nitrogen and oxygen atoms in total. The maximum atomic E-state index is 13.1. The van der Waals surface area contributed by atoms with E-state index in [0.29, 0.717) is 23.3 Å². The maximum absolute atomic E-state index is 13.1. The minimum absolute atomic E-state index is 0.114. The SMILES string of the molecule is CCC(=O)c1ccc(-c2cc3cc(F)ccc3o2)cc1.